The van der Waals surface area contributed by atoms with Crippen molar-refractivity contribution in [1.29, 1.82) is 0 Å². The van der Waals surface area contributed by atoms with E-state index in [9.17, 15) is 8.42 Å². The Balaban J connectivity index is 2.38. The average molecular weight is 329 g/mol. The highest BCUT2D eigenvalue weighted by atomic mass is 35.5. The first-order valence-corrected chi connectivity index (χ1v) is 8.10. The summed E-state index contributed by atoms with van der Waals surface area (Å²) in [6.45, 7) is 3.76. The van der Waals surface area contributed by atoms with Gasteiger partial charge in [-0.15, -0.1) is 0 Å². The molecule has 5 nitrogen and oxygen atoms in total. The first-order chi connectivity index (χ1) is 9.73. The van der Waals surface area contributed by atoms with E-state index in [1.807, 2.05) is 0 Å². The summed E-state index contributed by atoms with van der Waals surface area (Å²) in [6.07, 6.45) is 1.53. The fraction of sp³-hybridized carbons (Fsp3) is 0.286. The number of benzene rings is 1. The summed E-state index contributed by atoms with van der Waals surface area (Å²) in [5.74, 6) is 0.687. The van der Waals surface area contributed by atoms with Crippen molar-refractivity contribution in [1.82, 2.24) is 4.31 Å². The second-order valence-electron chi connectivity index (χ2n) is 4.90. The van der Waals surface area contributed by atoms with Crippen molar-refractivity contribution in [2.24, 2.45) is 0 Å². The molecule has 7 heteroatoms. The minimum atomic E-state index is -3.72. The summed E-state index contributed by atoms with van der Waals surface area (Å²) in [7, 11) is -2.23. The van der Waals surface area contributed by atoms with Crippen molar-refractivity contribution >= 4 is 27.3 Å². The Hall–Kier alpha value is -1.50. The van der Waals surface area contributed by atoms with Crippen molar-refractivity contribution in [2.45, 2.75) is 25.3 Å². The number of anilines is 1. The fourth-order valence-corrected chi connectivity index (χ4v) is 3.67. The van der Waals surface area contributed by atoms with Crippen LogP contribution in [0.25, 0.3) is 0 Å². The van der Waals surface area contributed by atoms with Crippen molar-refractivity contribution in [3.63, 3.8) is 0 Å². The van der Waals surface area contributed by atoms with Crippen LogP contribution in [-0.2, 0) is 16.6 Å². The zero-order chi connectivity index (χ0) is 15.8. The van der Waals surface area contributed by atoms with Gasteiger partial charge in [-0.1, -0.05) is 11.6 Å². The summed E-state index contributed by atoms with van der Waals surface area (Å²) in [6, 6.07) is 4.69. The van der Waals surface area contributed by atoms with Gasteiger partial charge >= 0.3 is 0 Å². The molecule has 0 aliphatic heterocycles. The molecule has 0 fully saturated rings. The molecule has 1 heterocycles. The van der Waals surface area contributed by atoms with E-state index in [0.29, 0.717) is 11.4 Å². The van der Waals surface area contributed by atoms with Gasteiger partial charge in [0, 0.05) is 24.8 Å². The lowest BCUT2D eigenvalue weighted by atomic mass is 10.2. The summed E-state index contributed by atoms with van der Waals surface area (Å²) in [4.78, 5) is 0.0101. The van der Waals surface area contributed by atoms with Crippen molar-refractivity contribution in [2.75, 3.05) is 12.8 Å². The molecule has 2 aromatic rings. The maximum atomic E-state index is 12.6. The Morgan fingerprint density at radius 2 is 2.00 bits per heavy atom. The molecule has 0 aliphatic rings. The predicted octanol–water partition coefficient (Wildman–Crippen LogP) is 2.95. The number of nitrogens with two attached hydrogens (primary N) is 1. The molecule has 0 atom stereocenters. The van der Waals surface area contributed by atoms with Gasteiger partial charge in [0.15, 0.2) is 0 Å². The van der Waals surface area contributed by atoms with Gasteiger partial charge < -0.3 is 10.2 Å². The normalized spacial score (nSPS) is 12.0. The molecule has 1 aromatic heterocycles. The Morgan fingerprint density at radius 1 is 1.33 bits per heavy atom. The van der Waals surface area contributed by atoms with E-state index >= 15 is 0 Å². The first kappa shape index (κ1) is 15.9. The van der Waals surface area contributed by atoms with Crippen LogP contribution in [0, 0.1) is 13.8 Å². The molecule has 0 amide bonds. The quantitative estimate of drug-likeness (QED) is 0.875. The van der Waals surface area contributed by atoms with Gasteiger partial charge in [-0.2, -0.15) is 4.31 Å². The maximum absolute atomic E-state index is 12.6. The van der Waals surface area contributed by atoms with Crippen LogP contribution in [0.3, 0.4) is 0 Å². The third-order valence-electron chi connectivity index (χ3n) is 3.37. The number of nitrogens with zero attached hydrogens (tertiary/aromatic N) is 1. The Labute approximate surface area is 129 Å². The predicted molar refractivity (Wildman–Crippen MR) is 82.7 cm³/mol. The number of aryl methyl sites for hydroxylation is 2. The van der Waals surface area contributed by atoms with Gasteiger partial charge in [-0.25, -0.2) is 8.42 Å². The fourth-order valence-electron chi connectivity index (χ4n) is 1.93. The number of hydrogen-bond donors (Lipinski definition) is 1. The van der Waals surface area contributed by atoms with Crippen LogP contribution in [-0.4, -0.2) is 19.8 Å². The van der Waals surface area contributed by atoms with Crippen LogP contribution >= 0.6 is 11.6 Å². The Morgan fingerprint density at radius 3 is 2.57 bits per heavy atom. The molecule has 0 saturated heterocycles. The van der Waals surface area contributed by atoms with Crippen LogP contribution in [0.4, 0.5) is 5.69 Å². The lowest BCUT2D eigenvalue weighted by Crippen LogP contribution is -2.27. The number of hydrogen-bond acceptors (Lipinski definition) is 4. The lowest BCUT2D eigenvalue weighted by molar-refractivity contribution is 0.459. The monoisotopic (exact) mass is 328 g/mol. The second kappa shape index (κ2) is 5.71. The van der Waals surface area contributed by atoms with Gasteiger partial charge in [-0.05, 0) is 37.6 Å². The molecular formula is C14H17ClN2O3S. The summed E-state index contributed by atoms with van der Waals surface area (Å²) >= 11 is 6.06. The zero-order valence-corrected chi connectivity index (χ0v) is 13.6. The average Bonchev–Trinajstić information content (AvgIpc) is 2.79. The van der Waals surface area contributed by atoms with Gasteiger partial charge in [0.2, 0.25) is 10.0 Å². The summed E-state index contributed by atoms with van der Waals surface area (Å²) < 4.78 is 31.6. The number of halogens is 1. The van der Waals surface area contributed by atoms with E-state index in [1.54, 1.807) is 26.0 Å². The van der Waals surface area contributed by atoms with Crippen molar-refractivity contribution in [3.05, 3.63) is 46.4 Å². The summed E-state index contributed by atoms with van der Waals surface area (Å²) in [5, 5.41) is 0.164. The van der Waals surface area contributed by atoms with Gasteiger partial charge in [0.25, 0.3) is 0 Å². The molecule has 2 rings (SSSR count). The largest absolute Gasteiger partial charge is 0.469 e. The number of furan rings is 1. The van der Waals surface area contributed by atoms with E-state index < -0.39 is 10.0 Å². The minimum Gasteiger partial charge on any atom is -0.469 e. The standard InChI is InChI=1S/C14H17ClN2O3S/c1-9-6-12(15)14(7-13(9)16)21(18,19)17(3)8-11-4-5-20-10(11)2/h4-7H,8,16H2,1-3H3. The molecule has 21 heavy (non-hydrogen) atoms. The zero-order valence-electron chi connectivity index (χ0n) is 12.1. The van der Waals surface area contributed by atoms with Gasteiger partial charge in [-0.3, -0.25) is 0 Å². The molecule has 0 radical (unpaired) electrons. The Kier molecular flexibility index (Phi) is 4.32. The van der Waals surface area contributed by atoms with Gasteiger partial charge in [0.05, 0.1) is 11.3 Å². The lowest BCUT2D eigenvalue weighted by Gasteiger charge is -2.18. The van der Waals surface area contributed by atoms with E-state index in [2.05, 4.69) is 0 Å². The highest BCUT2D eigenvalue weighted by Crippen LogP contribution is 2.29. The SMILES string of the molecule is Cc1cc(Cl)c(S(=O)(=O)N(C)Cc2ccoc2C)cc1N. The molecule has 0 bridgehead atoms. The maximum Gasteiger partial charge on any atom is 0.244 e. The number of rotatable bonds is 4. The topological polar surface area (TPSA) is 76.5 Å². The highest BCUT2D eigenvalue weighted by molar-refractivity contribution is 7.89. The van der Waals surface area contributed by atoms with Crippen LogP contribution in [0.15, 0.2) is 33.8 Å². The van der Waals surface area contributed by atoms with E-state index in [1.165, 1.54) is 23.7 Å². The van der Waals surface area contributed by atoms with Crippen LogP contribution in [0.2, 0.25) is 5.02 Å². The van der Waals surface area contributed by atoms with Crippen LogP contribution < -0.4 is 5.73 Å². The minimum absolute atomic E-state index is 0.0101. The summed E-state index contributed by atoms with van der Waals surface area (Å²) in [5.41, 5.74) is 7.73. The molecule has 0 spiro atoms. The molecule has 0 saturated carbocycles. The molecule has 2 N–H and O–H groups in total. The second-order valence-corrected chi connectivity index (χ2v) is 7.32. The molecule has 1 aromatic carbocycles. The van der Waals surface area contributed by atoms with E-state index in [4.69, 9.17) is 21.8 Å². The van der Waals surface area contributed by atoms with Gasteiger partial charge in [0.1, 0.15) is 10.7 Å². The van der Waals surface area contributed by atoms with E-state index in [-0.39, 0.29) is 16.5 Å². The molecule has 114 valence electrons. The Bertz CT molecular complexity index is 769. The van der Waals surface area contributed by atoms with E-state index in [0.717, 1.165) is 11.1 Å². The molecule has 0 unspecified atom stereocenters. The number of sulfonamides is 1. The third kappa shape index (κ3) is 3.07. The van der Waals surface area contributed by atoms with Crippen LogP contribution in [0.1, 0.15) is 16.9 Å². The van der Waals surface area contributed by atoms with Crippen molar-refractivity contribution < 1.29 is 12.8 Å². The third-order valence-corrected chi connectivity index (χ3v) is 5.64. The number of nitrogen functional groups attached to an aromatic ring is 1. The molecule has 0 aliphatic carbocycles. The highest BCUT2D eigenvalue weighted by Gasteiger charge is 2.25. The van der Waals surface area contributed by atoms with Crippen LogP contribution in [0.5, 0.6) is 0 Å². The first-order valence-electron chi connectivity index (χ1n) is 6.28. The smallest absolute Gasteiger partial charge is 0.244 e. The molecular weight excluding hydrogens is 312 g/mol. The van der Waals surface area contributed by atoms with Crippen molar-refractivity contribution in [3.8, 4) is 0 Å².